The van der Waals surface area contributed by atoms with E-state index in [4.69, 9.17) is 21.4 Å². The number of rotatable bonds is 10. The van der Waals surface area contributed by atoms with E-state index in [2.05, 4.69) is 5.32 Å². The van der Waals surface area contributed by atoms with Crippen molar-refractivity contribution in [3.8, 4) is 5.75 Å². The smallest absolute Gasteiger partial charge is 0.374 e. The summed E-state index contributed by atoms with van der Waals surface area (Å²) in [4.78, 5) is 39.9. The lowest BCUT2D eigenvalue weighted by atomic mass is 9.75. The van der Waals surface area contributed by atoms with Gasteiger partial charge in [-0.05, 0) is 80.4 Å². The maximum absolute atomic E-state index is 13.9. The molecule has 0 radical (unpaired) electrons. The third kappa shape index (κ3) is 6.09. The molecule has 7 nitrogen and oxygen atoms in total. The number of alkyl halides is 2. The van der Waals surface area contributed by atoms with Gasteiger partial charge in [0.15, 0.2) is 5.78 Å². The summed E-state index contributed by atoms with van der Waals surface area (Å²) in [5.41, 5.74) is 1.41. The van der Waals surface area contributed by atoms with Crippen LogP contribution in [0, 0.1) is 0 Å². The summed E-state index contributed by atoms with van der Waals surface area (Å²) in [6.45, 7) is 3.56. The monoisotopic (exact) mass is 570 g/mol. The summed E-state index contributed by atoms with van der Waals surface area (Å²) in [5.74, 6) is -6.86. The molecule has 0 aliphatic carbocycles. The first kappa shape index (κ1) is 29.0. The van der Waals surface area contributed by atoms with E-state index in [1.165, 1.54) is 24.3 Å². The van der Waals surface area contributed by atoms with Crippen LogP contribution in [0.2, 0.25) is 5.02 Å². The van der Waals surface area contributed by atoms with E-state index < -0.39 is 36.4 Å². The van der Waals surface area contributed by atoms with Gasteiger partial charge in [-0.15, -0.1) is 0 Å². The SMILES string of the molecule is CCN(C(=O)C1CC(C)(C(=O)c2ccc(OCCC(F)(F)C(=O)O)cc2)Nc2ccccc21)c1ccc(Cl)cc1. The van der Waals surface area contributed by atoms with Crippen LogP contribution < -0.4 is 15.0 Å². The number of ketones is 1. The van der Waals surface area contributed by atoms with Crippen molar-refractivity contribution in [1.82, 2.24) is 0 Å². The Bertz CT molecular complexity index is 1400. The molecule has 0 fully saturated rings. The highest BCUT2D eigenvalue weighted by atomic mass is 35.5. The van der Waals surface area contributed by atoms with Crippen LogP contribution in [0.25, 0.3) is 0 Å². The number of carboxylic acids is 1. The summed E-state index contributed by atoms with van der Waals surface area (Å²) < 4.78 is 31.8. The number of likely N-dealkylation sites (N-methyl/N-ethyl adjacent to an activating group) is 1. The van der Waals surface area contributed by atoms with Crippen LogP contribution >= 0.6 is 11.6 Å². The second kappa shape index (κ2) is 11.6. The van der Waals surface area contributed by atoms with E-state index in [1.54, 1.807) is 36.1 Å². The molecule has 0 spiro atoms. The van der Waals surface area contributed by atoms with Crippen LogP contribution in [0.3, 0.4) is 0 Å². The molecule has 1 heterocycles. The Balaban J connectivity index is 1.55. The molecule has 0 saturated heterocycles. The lowest BCUT2D eigenvalue weighted by molar-refractivity contribution is -0.166. The van der Waals surface area contributed by atoms with Gasteiger partial charge in [-0.1, -0.05) is 29.8 Å². The normalized spacial score (nSPS) is 18.3. The first-order valence-electron chi connectivity index (χ1n) is 12.8. The third-order valence-corrected chi connectivity index (χ3v) is 7.25. The fourth-order valence-electron chi connectivity index (χ4n) is 4.85. The molecule has 210 valence electrons. The minimum absolute atomic E-state index is 0.139. The lowest BCUT2D eigenvalue weighted by Crippen LogP contribution is -2.50. The molecule has 1 amide bonds. The molecule has 1 aliphatic rings. The Morgan fingerprint density at radius 2 is 1.73 bits per heavy atom. The summed E-state index contributed by atoms with van der Waals surface area (Å²) in [7, 11) is 0. The average Bonchev–Trinajstić information content (AvgIpc) is 2.93. The molecule has 40 heavy (non-hydrogen) atoms. The predicted molar refractivity (Wildman–Crippen MR) is 149 cm³/mol. The number of carbonyl (C=O) groups is 3. The Morgan fingerprint density at radius 3 is 2.35 bits per heavy atom. The number of halogens is 3. The number of para-hydroxylation sites is 1. The fourth-order valence-corrected chi connectivity index (χ4v) is 4.98. The zero-order chi connectivity index (χ0) is 29.1. The largest absolute Gasteiger partial charge is 0.493 e. The van der Waals surface area contributed by atoms with Gasteiger partial charge in [0.2, 0.25) is 5.91 Å². The number of benzene rings is 3. The number of Topliss-reactive ketones (excluding diaryl/α,β-unsaturated/α-hetero) is 1. The molecule has 2 atom stereocenters. The topological polar surface area (TPSA) is 95.9 Å². The Labute approximate surface area is 235 Å². The van der Waals surface area contributed by atoms with Crippen LogP contribution in [0.4, 0.5) is 20.2 Å². The molecule has 0 aromatic heterocycles. The molecule has 2 unspecified atom stereocenters. The number of fused-ring (bicyclic) bond motifs is 1. The molecule has 2 N–H and O–H groups in total. The minimum atomic E-state index is -3.89. The lowest BCUT2D eigenvalue weighted by Gasteiger charge is -2.41. The van der Waals surface area contributed by atoms with Gasteiger partial charge in [-0.2, -0.15) is 8.78 Å². The van der Waals surface area contributed by atoms with Crippen molar-refractivity contribution in [2.45, 2.75) is 44.1 Å². The zero-order valence-corrected chi connectivity index (χ0v) is 22.8. The highest BCUT2D eigenvalue weighted by molar-refractivity contribution is 6.30. The van der Waals surface area contributed by atoms with Crippen molar-refractivity contribution >= 4 is 40.6 Å². The number of amides is 1. The highest BCUT2D eigenvalue weighted by Crippen LogP contribution is 2.42. The van der Waals surface area contributed by atoms with Crippen LogP contribution in [-0.4, -0.2) is 47.4 Å². The number of nitrogens with zero attached hydrogens (tertiary/aromatic N) is 1. The Morgan fingerprint density at radius 1 is 1.07 bits per heavy atom. The second-order valence-corrected chi connectivity index (χ2v) is 10.3. The molecular weight excluding hydrogens is 542 g/mol. The Kier molecular flexibility index (Phi) is 8.44. The van der Waals surface area contributed by atoms with E-state index in [0.29, 0.717) is 28.5 Å². The maximum atomic E-state index is 13.9. The average molecular weight is 571 g/mol. The van der Waals surface area contributed by atoms with Gasteiger partial charge < -0.3 is 20.1 Å². The van der Waals surface area contributed by atoms with Gasteiger partial charge in [0.25, 0.3) is 0 Å². The molecule has 1 aliphatic heterocycles. The summed E-state index contributed by atoms with van der Waals surface area (Å²) in [6, 6.07) is 20.4. The first-order chi connectivity index (χ1) is 18.9. The zero-order valence-electron chi connectivity index (χ0n) is 22.0. The predicted octanol–water partition coefficient (Wildman–Crippen LogP) is 6.42. The summed E-state index contributed by atoms with van der Waals surface area (Å²) in [6.07, 6.45) is -0.779. The molecule has 0 bridgehead atoms. The van der Waals surface area contributed by atoms with Crippen molar-refractivity contribution in [2.75, 3.05) is 23.4 Å². The summed E-state index contributed by atoms with van der Waals surface area (Å²) in [5, 5.41) is 12.4. The third-order valence-electron chi connectivity index (χ3n) is 6.99. The molecule has 10 heteroatoms. The van der Waals surface area contributed by atoms with Gasteiger partial charge in [-0.3, -0.25) is 9.59 Å². The van der Waals surface area contributed by atoms with Gasteiger partial charge in [0, 0.05) is 28.5 Å². The number of carbonyl (C=O) groups excluding carboxylic acids is 2. The number of ether oxygens (including phenoxy) is 1. The van der Waals surface area contributed by atoms with E-state index >= 15 is 0 Å². The number of hydrogen-bond acceptors (Lipinski definition) is 5. The molecule has 0 saturated carbocycles. The van der Waals surface area contributed by atoms with E-state index in [-0.39, 0.29) is 23.9 Å². The first-order valence-corrected chi connectivity index (χ1v) is 13.2. The molecular formula is C30H29ClF2N2O5. The van der Waals surface area contributed by atoms with Crippen LogP contribution in [-0.2, 0) is 9.59 Å². The van der Waals surface area contributed by atoms with Crippen molar-refractivity contribution in [3.63, 3.8) is 0 Å². The van der Waals surface area contributed by atoms with E-state index in [0.717, 1.165) is 5.56 Å². The number of hydrogen-bond donors (Lipinski definition) is 2. The minimum Gasteiger partial charge on any atom is -0.493 e. The Hall–Kier alpha value is -3.98. The number of carboxylic acid groups (broad SMARTS) is 1. The van der Waals surface area contributed by atoms with Crippen LogP contribution in [0.5, 0.6) is 5.75 Å². The number of anilines is 2. The van der Waals surface area contributed by atoms with Gasteiger partial charge in [0.1, 0.15) is 5.75 Å². The van der Waals surface area contributed by atoms with Gasteiger partial charge >= 0.3 is 11.9 Å². The fraction of sp³-hybridized carbons (Fsp3) is 0.300. The number of aliphatic carboxylic acids is 1. The maximum Gasteiger partial charge on any atom is 0.374 e. The number of nitrogens with one attached hydrogen (secondary N) is 1. The second-order valence-electron chi connectivity index (χ2n) is 9.82. The van der Waals surface area contributed by atoms with Crippen molar-refractivity contribution < 1.29 is 33.0 Å². The van der Waals surface area contributed by atoms with Gasteiger partial charge in [-0.25, -0.2) is 4.79 Å². The molecule has 3 aromatic carbocycles. The van der Waals surface area contributed by atoms with Crippen LogP contribution in [0.1, 0.15) is 48.5 Å². The van der Waals surface area contributed by atoms with E-state index in [9.17, 15) is 23.2 Å². The van der Waals surface area contributed by atoms with Crippen molar-refractivity contribution in [3.05, 3.63) is 88.9 Å². The van der Waals surface area contributed by atoms with Gasteiger partial charge in [0.05, 0.1) is 24.5 Å². The van der Waals surface area contributed by atoms with E-state index in [1.807, 2.05) is 31.2 Å². The van der Waals surface area contributed by atoms with Crippen molar-refractivity contribution in [1.29, 1.82) is 0 Å². The quantitative estimate of drug-likeness (QED) is 0.273. The standard InChI is InChI=1S/C30H29ClF2N2O5/c1-3-35(21-12-10-20(31)11-13-21)27(37)24-18-29(2,34-25-7-5-4-6-23(24)25)26(36)19-8-14-22(15-9-19)40-17-16-30(32,33)28(38)39/h4-15,24,34H,3,16-18H2,1-2H3,(H,38,39). The highest BCUT2D eigenvalue weighted by Gasteiger charge is 2.44. The molecule has 4 rings (SSSR count). The molecule has 3 aromatic rings. The van der Waals surface area contributed by atoms with Crippen molar-refractivity contribution in [2.24, 2.45) is 0 Å². The summed E-state index contributed by atoms with van der Waals surface area (Å²) >= 11 is 6.04. The van der Waals surface area contributed by atoms with Crippen LogP contribution in [0.15, 0.2) is 72.8 Å².